The molecule has 21 heavy (non-hydrogen) atoms. The van der Waals surface area contributed by atoms with Gasteiger partial charge in [-0.05, 0) is 12.5 Å². The number of rotatable bonds is 1. The molecule has 0 saturated heterocycles. The van der Waals surface area contributed by atoms with E-state index in [9.17, 15) is 13.2 Å². The van der Waals surface area contributed by atoms with Gasteiger partial charge in [0.25, 0.3) is 11.6 Å². The number of aryl methyl sites for hydroxylation is 1. The lowest BCUT2D eigenvalue weighted by molar-refractivity contribution is -0.144. The highest BCUT2D eigenvalue weighted by Gasteiger charge is 2.37. The fourth-order valence-electron chi connectivity index (χ4n) is 2.12. The van der Waals surface area contributed by atoms with Gasteiger partial charge in [-0.3, -0.25) is 0 Å². The molecule has 0 amide bonds. The fraction of sp³-hybridized carbons (Fsp3) is 0.154. The molecule has 0 aliphatic heterocycles. The number of alkyl halides is 3. The lowest BCUT2D eigenvalue weighted by Crippen LogP contribution is -2.09. The number of nitrogens with two attached hydrogens (primary N) is 1. The number of halogens is 3. The molecule has 3 aromatic rings. The van der Waals surface area contributed by atoms with Crippen molar-refractivity contribution in [1.82, 2.24) is 19.6 Å². The Labute approximate surface area is 117 Å². The molecule has 2 aromatic heterocycles. The van der Waals surface area contributed by atoms with E-state index >= 15 is 0 Å². The Bertz CT molecular complexity index is 808. The molecule has 1 aromatic carbocycles. The van der Waals surface area contributed by atoms with E-state index in [2.05, 4.69) is 15.1 Å². The van der Waals surface area contributed by atoms with E-state index in [0.29, 0.717) is 11.3 Å². The van der Waals surface area contributed by atoms with Gasteiger partial charge in [0.15, 0.2) is 0 Å². The molecule has 0 saturated carbocycles. The van der Waals surface area contributed by atoms with E-state index in [-0.39, 0.29) is 11.6 Å². The van der Waals surface area contributed by atoms with Crippen molar-refractivity contribution >= 4 is 11.6 Å². The van der Waals surface area contributed by atoms with E-state index in [1.54, 1.807) is 31.2 Å². The second-order valence-corrected chi connectivity index (χ2v) is 4.47. The standard InChI is InChI=1S/C13H10F3N5/c1-7-9(8-5-3-2-4-6-8)10(17)21-12(18-7)19-11(20-21)13(14,15)16/h2-6H,17H2,1H3. The van der Waals surface area contributed by atoms with Crippen LogP contribution in [0.25, 0.3) is 16.9 Å². The Hall–Kier alpha value is -2.64. The maximum Gasteiger partial charge on any atom is 0.453 e. The molecule has 108 valence electrons. The van der Waals surface area contributed by atoms with Gasteiger partial charge in [-0.15, -0.1) is 5.10 Å². The molecular weight excluding hydrogens is 283 g/mol. The van der Waals surface area contributed by atoms with E-state index in [4.69, 9.17) is 5.73 Å². The normalized spacial score (nSPS) is 12.0. The maximum absolute atomic E-state index is 12.7. The van der Waals surface area contributed by atoms with Gasteiger partial charge in [0, 0.05) is 5.56 Å². The molecule has 2 heterocycles. The van der Waals surface area contributed by atoms with Crippen LogP contribution in [-0.2, 0) is 6.18 Å². The van der Waals surface area contributed by atoms with Crippen LogP contribution in [-0.4, -0.2) is 19.6 Å². The first-order valence-corrected chi connectivity index (χ1v) is 6.03. The minimum Gasteiger partial charge on any atom is -0.383 e. The van der Waals surface area contributed by atoms with Gasteiger partial charge in [0.1, 0.15) is 5.82 Å². The minimum absolute atomic E-state index is 0.0756. The Morgan fingerprint density at radius 1 is 1.10 bits per heavy atom. The molecule has 8 heteroatoms. The van der Waals surface area contributed by atoms with Crippen LogP contribution in [0.15, 0.2) is 30.3 Å². The van der Waals surface area contributed by atoms with Crippen LogP contribution in [0.4, 0.5) is 19.0 Å². The summed E-state index contributed by atoms with van der Waals surface area (Å²) >= 11 is 0. The molecule has 0 bridgehead atoms. The third kappa shape index (κ3) is 2.18. The summed E-state index contributed by atoms with van der Waals surface area (Å²) < 4.78 is 38.9. The van der Waals surface area contributed by atoms with Crippen LogP contribution in [0, 0.1) is 6.92 Å². The van der Waals surface area contributed by atoms with Crippen LogP contribution < -0.4 is 5.73 Å². The van der Waals surface area contributed by atoms with Gasteiger partial charge in [0.05, 0.1) is 5.69 Å². The predicted octanol–water partition coefficient (Wildman–Crippen LogP) is 2.70. The molecule has 3 rings (SSSR count). The van der Waals surface area contributed by atoms with Crippen LogP contribution in [0.3, 0.4) is 0 Å². The average Bonchev–Trinajstić information content (AvgIpc) is 2.84. The lowest BCUT2D eigenvalue weighted by atomic mass is 10.1. The summed E-state index contributed by atoms with van der Waals surface area (Å²) in [6, 6.07) is 9.04. The van der Waals surface area contributed by atoms with Gasteiger partial charge >= 0.3 is 6.18 Å². The van der Waals surface area contributed by atoms with Crippen LogP contribution >= 0.6 is 0 Å². The first-order valence-electron chi connectivity index (χ1n) is 6.03. The van der Waals surface area contributed by atoms with Gasteiger partial charge in [-0.1, -0.05) is 30.3 Å². The zero-order valence-corrected chi connectivity index (χ0v) is 10.9. The summed E-state index contributed by atoms with van der Waals surface area (Å²) in [5.41, 5.74) is 7.75. The van der Waals surface area contributed by atoms with E-state index in [0.717, 1.165) is 10.1 Å². The Morgan fingerprint density at radius 2 is 1.76 bits per heavy atom. The van der Waals surface area contributed by atoms with Gasteiger partial charge in [-0.2, -0.15) is 22.7 Å². The number of nitrogens with zero attached hydrogens (tertiary/aromatic N) is 4. The summed E-state index contributed by atoms with van der Waals surface area (Å²) in [5, 5.41) is 3.40. The topological polar surface area (TPSA) is 69.1 Å². The summed E-state index contributed by atoms with van der Waals surface area (Å²) in [4.78, 5) is 7.43. The first-order chi connectivity index (χ1) is 9.88. The van der Waals surface area contributed by atoms with E-state index < -0.39 is 12.0 Å². The van der Waals surface area contributed by atoms with Gasteiger partial charge in [-0.25, -0.2) is 4.98 Å². The smallest absolute Gasteiger partial charge is 0.383 e. The number of nitrogen functional groups attached to an aromatic ring is 1. The fourth-order valence-corrected chi connectivity index (χ4v) is 2.12. The van der Waals surface area contributed by atoms with Crippen molar-refractivity contribution in [2.45, 2.75) is 13.1 Å². The number of fused-ring (bicyclic) bond motifs is 1. The van der Waals surface area contributed by atoms with Crippen molar-refractivity contribution in [3.05, 3.63) is 41.9 Å². The summed E-state index contributed by atoms with van der Waals surface area (Å²) in [5.74, 6) is -1.35. The second kappa shape index (κ2) is 4.44. The van der Waals surface area contributed by atoms with E-state index in [1.807, 2.05) is 6.07 Å². The lowest BCUT2D eigenvalue weighted by Gasteiger charge is -2.09. The van der Waals surface area contributed by atoms with Gasteiger partial charge in [0.2, 0.25) is 0 Å². The molecule has 0 atom stereocenters. The SMILES string of the molecule is Cc1nc2nc(C(F)(F)F)nn2c(N)c1-c1ccccc1. The molecule has 0 radical (unpaired) electrons. The molecule has 0 unspecified atom stereocenters. The second-order valence-electron chi connectivity index (χ2n) is 4.47. The summed E-state index contributed by atoms with van der Waals surface area (Å²) in [6.45, 7) is 1.67. The number of aromatic nitrogens is 4. The van der Waals surface area contributed by atoms with E-state index in [1.165, 1.54) is 0 Å². The highest BCUT2D eigenvalue weighted by molar-refractivity contribution is 5.77. The van der Waals surface area contributed by atoms with Gasteiger partial charge < -0.3 is 5.73 Å². The van der Waals surface area contributed by atoms with Crippen molar-refractivity contribution in [3.8, 4) is 11.1 Å². The quantitative estimate of drug-likeness (QED) is 0.749. The maximum atomic E-state index is 12.7. The van der Waals surface area contributed by atoms with Crippen LogP contribution in [0.1, 0.15) is 11.5 Å². The van der Waals surface area contributed by atoms with Crippen LogP contribution in [0.5, 0.6) is 0 Å². The number of anilines is 1. The van der Waals surface area contributed by atoms with Crippen LogP contribution in [0.2, 0.25) is 0 Å². The summed E-state index contributed by atoms with van der Waals surface area (Å²) in [7, 11) is 0. The van der Waals surface area contributed by atoms with Crippen molar-refractivity contribution in [2.75, 3.05) is 5.73 Å². The highest BCUT2D eigenvalue weighted by atomic mass is 19.4. The molecule has 0 aliphatic carbocycles. The number of benzene rings is 1. The number of hydrogen-bond acceptors (Lipinski definition) is 4. The third-order valence-electron chi connectivity index (χ3n) is 3.02. The highest BCUT2D eigenvalue weighted by Crippen LogP contribution is 2.31. The zero-order chi connectivity index (χ0) is 15.2. The average molecular weight is 293 g/mol. The molecule has 2 N–H and O–H groups in total. The van der Waals surface area contributed by atoms with Crippen molar-refractivity contribution < 1.29 is 13.2 Å². The molecular formula is C13H10F3N5. The zero-order valence-electron chi connectivity index (χ0n) is 10.9. The van der Waals surface area contributed by atoms with Crippen molar-refractivity contribution in [2.24, 2.45) is 0 Å². The largest absolute Gasteiger partial charge is 0.453 e. The third-order valence-corrected chi connectivity index (χ3v) is 3.02. The summed E-state index contributed by atoms with van der Waals surface area (Å²) in [6.07, 6.45) is -4.64. The van der Waals surface area contributed by atoms with Crippen molar-refractivity contribution in [3.63, 3.8) is 0 Å². The van der Waals surface area contributed by atoms with Crippen molar-refractivity contribution in [1.29, 1.82) is 0 Å². The Morgan fingerprint density at radius 3 is 2.38 bits per heavy atom. The molecule has 0 fully saturated rings. The number of hydrogen-bond donors (Lipinski definition) is 1. The Kier molecular flexibility index (Phi) is 2.82. The Balaban J connectivity index is 2.29. The molecule has 5 nitrogen and oxygen atoms in total. The molecule has 0 spiro atoms. The predicted molar refractivity (Wildman–Crippen MR) is 70.4 cm³/mol. The molecule has 0 aliphatic rings. The minimum atomic E-state index is -4.64. The monoisotopic (exact) mass is 293 g/mol. The first kappa shape index (κ1) is 13.3.